The summed E-state index contributed by atoms with van der Waals surface area (Å²) in [6.45, 7) is 3.30. The van der Waals surface area contributed by atoms with Gasteiger partial charge in [0.1, 0.15) is 0 Å². The van der Waals surface area contributed by atoms with Crippen LogP contribution in [0.5, 0.6) is 0 Å². The van der Waals surface area contributed by atoms with E-state index in [0.29, 0.717) is 12.1 Å². The third kappa shape index (κ3) is 4.08. The number of nitrogens with zero attached hydrogens (tertiary/aromatic N) is 2. The lowest BCUT2D eigenvalue weighted by Gasteiger charge is -2.22. The first-order valence-electron chi connectivity index (χ1n) is 6.24. The molecule has 2 N–H and O–H groups in total. The minimum absolute atomic E-state index is 0.272. The number of rotatable bonds is 7. The molecular formula is C12H20BrN3O. The minimum atomic E-state index is 0.272. The van der Waals surface area contributed by atoms with Crippen LogP contribution < -0.4 is 5.32 Å². The Bertz CT molecular complexity index is 351. The standard InChI is InChI=1S/C12H20BrN3O/c1-9(7-16-8-11(13)6-14-16)15-12(4-5-17)10-2-3-10/h6,8-10,12,15,17H,2-5,7H2,1H3. The molecule has 0 bridgehead atoms. The molecule has 1 aliphatic carbocycles. The van der Waals surface area contributed by atoms with E-state index in [-0.39, 0.29) is 6.61 Å². The van der Waals surface area contributed by atoms with Crippen LogP contribution in [0.3, 0.4) is 0 Å². The lowest BCUT2D eigenvalue weighted by Crippen LogP contribution is -2.41. The Morgan fingerprint density at radius 3 is 2.94 bits per heavy atom. The molecule has 2 rings (SSSR count). The summed E-state index contributed by atoms with van der Waals surface area (Å²) < 4.78 is 2.95. The maximum atomic E-state index is 9.06. The molecule has 17 heavy (non-hydrogen) atoms. The Labute approximate surface area is 111 Å². The Balaban J connectivity index is 1.80. The lowest BCUT2D eigenvalue weighted by molar-refractivity contribution is 0.245. The van der Waals surface area contributed by atoms with Crippen molar-refractivity contribution in [2.75, 3.05) is 6.61 Å². The third-order valence-corrected chi connectivity index (χ3v) is 3.60. The largest absolute Gasteiger partial charge is 0.396 e. The van der Waals surface area contributed by atoms with E-state index < -0.39 is 0 Å². The number of nitrogens with one attached hydrogen (secondary N) is 1. The fourth-order valence-corrected chi connectivity index (χ4v) is 2.56. The highest BCUT2D eigenvalue weighted by Gasteiger charge is 2.31. The number of hydrogen-bond acceptors (Lipinski definition) is 3. The summed E-state index contributed by atoms with van der Waals surface area (Å²) in [5, 5.41) is 16.9. The smallest absolute Gasteiger partial charge is 0.0632 e. The number of halogens is 1. The highest BCUT2D eigenvalue weighted by molar-refractivity contribution is 9.10. The summed E-state index contributed by atoms with van der Waals surface area (Å²) in [7, 11) is 0. The second-order valence-corrected chi connectivity index (χ2v) is 5.82. The van der Waals surface area contributed by atoms with Crippen molar-refractivity contribution in [3.05, 3.63) is 16.9 Å². The first-order valence-corrected chi connectivity index (χ1v) is 7.03. The van der Waals surface area contributed by atoms with Crippen LogP contribution in [-0.2, 0) is 6.54 Å². The second-order valence-electron chi connectivity index (χ2n) is 4.90. The molecule has 1 aromatic rings. The van der Waals surface area contributed by atoms with Crippen molar-refractivity contribution >= 4 is 15.9 Å². The molecule has 0 aromatic carbocycles. The fraction of sp³-hybridized carbons (Fsp3) is 0.750. The van der Waals surface area contributed by atoms with Gasteiger partial charge in [0.2, 0.25) is 0 Å². The zero-order valence-corrected chi connectivity index (χ0v) is 11.7. The molecule has 5 heteroatoms. The molecule has 1 fully saturated rings. The van der Waals surface area contributed by atoms with Crippen molar-refractivity contribution < 1.29 is 5.11 Å². The van der Waals surface area contributed by atoms with E-state index in [0.717, 1.165) is 23.4 Å². The summed E-state index contributed by atoms with van der Waals surface area (Å²) in [5.74, 6) is 0.772. The van der Waals surface area contributed by atoms with E-state index >= 15 is 0 Å². The molecule has 2 atom stereocenters. The summed E-state index contributed by atoms with van der Waals surface area (Å²) in [5.41, 5.74) is 0. The van der Waals surface area contributed by atoms with Crippen molar-refractivity contribution in [3.8, 4) is 0 Å². The van der Waals surface area contributed by atoms with Crippen LogP contribution in [-0.4, -0.2) is 33.6 Å². The summed E-state index contributed by atoms with van der Waals surface area (Å²) in [6.07, 6.45) is 7.25. The highest BCUT2D eigenvalue weighted by atomic mass is 79.9. The number of aliphatic hydroxyl groups excluding tert-OH is 1. The van der Waals surface area contributed by atoms with Gasteiger partial charge in [0.15, 0.2) is 0 Å². The Hall–Kier alpha value is -0.390. The molecule has 1 saturated carbocycles. The maximum absolute atomic E-state index is 9.06. The highest BCUT2D eigenvalue weighted by Crippen LogP contribution is 2.34. The second kappa shape index (κ2) is 5.98. The predicted octanol–water partition coefficient (Wildman–Crippen LogP) is 1.78. The van der Waals surface area contributed by atoms with Gasteiger partial charge < -0.3 is 10.4 Å². The Kier molecular flexibility index (Phi) is 4.59. The van der Waals surface area contributed by atoms with Gasteiger partial charge in [-0.1, -0.05) is 0 Å². The molecule has 0 radical (unpaired) electrons. The average molecular weight is 302 g/mol. The number of hydrogen-bond donors (Lipinski definition) is 2. The van der Waals surface area contributed by atoms with Gasteiger partial charge in [0.05, 0.1) is 17.2 Å². The molecule has 0 saturated heterocycles. The van der Waals surface area contributed by atoms with Crippen molar-refractivity contribution in [2.45, 2.75) is 44.8 Å². The number of aromatic nitrogens is 2. The van der Waals surface area contributed by atoms with Gasteiger partial charge in [-0.05, 0) is 48.0 Å². The van der Waals surface area contributed by atoms with Crippen molar-refractivity contribution in [2.24, 2.45) is 5.92 Å². The average Bonchev–Trinajstić information content (AvgIpc) is 3.03. The van der Waals surface area contributed by atoms with Crippen LogP contribution in [0.15, 0.2) is 16.9 Å². The molecule has 96 valence electrons. The monoisotopic (exact) mass is 301 g/mol. The van der Waals surface area contributed by atoms with Gasteiger partial charge in [-0.15, -0.1) is 0 Å². The Morgan fingerprint density at radius 2 is 2.41 bits per heavy atom. The molecule has 2 unspecified atom stereocenters. The Morgan fingerprint density at radius 1 is 1.65 bits per heavy atom. The van der Waals surface area contributed by atoms with Gasteiger partial charge in [0, 0.05) is 24.9 Å². The first-order chi connectivity index (χ1) is 8.19. The molecule has 0 aliphatic heterocycles. The van der Waals surface area contributed by atoms with Gasteiger partial charge in [-0.25, -0.2) is 0 Å². The molecule has 1 aliphatic rings. The van der Waals surface area contributed by atoms with E-state index in [9.17, 15) is 0 Å². The van der Waals surface area contributed by atoms with Gasteiger partial charge in [-0.2, -0.15) is 5.10 Å². The summed E-state index contributed by atoms with van der Waals surface area (Å²) in [4.78, 5) is 0. The van der Waals surface area contributed by atoms with E-state index in [1.807, 2.05) is 10.9 Å². The molecule has 4 nitrogen and oxygen atoms in total. The van der Waals surface area contributed by atoms with Crippen molar-refractivity contribution in [1.82, 2.24) is 15.1 Å². The molecule has 1 heterocycles. The van der Waals surface area contributed by atoms with Crippen molar-refractivity contribution in [1.29, 1.82) is 0 Å². The molecule has 0 spiro atoms. The van der Waals surface area contributed by atoms with Crippen LogP contribution in [0, 0.1) is 5.92 Å². The van der Waals surface area contributed by atoms with E-state index in [1.165, 1.54) is 12.8 Å². The quantitative estimate of drug-likeness (QED) is 0.807. The van der Waals surface area contributed by atoms with Crippen LogP contribution >= 0.6 is 15.9 Å². The van der Waals surface area contributed by atoms with Gasteiger partial charge >= 0.3 is 0 Å². The summed E-state index contributed by atoms with van der Waals surface area (Å²) in [6, 6.07) is 0.841. The zero-order chi connectivity index (χ0) is 12.3. The van der Waals surface area contributed by atoms with Crippen LogP contribution in [0.4, 0.5) is 0 Å². The van der Waals surface area contributed by atoms with Crippen LogP contribution in [0.25, 0.3) is 0 Å². The molecule has 0 amide bonds. The van der Waals surface area contributed by atoms with Crippen molar-refractivity contribution in [3.63, 3.8) is 0 Å². The van der Waals surface area contributed by atoms with E-state index in [2.05, 4.69) is 33.3 Å². The zero-order valence-electron chi connectivity index (χ0n) is 10.1. The van der Waals surface area contributed by atoms with Gasteiger partial charge in [0.25, 0.3) is 0 Å². The third-order valence-electron chi connectivity index (χ3n) is 3.19. The summed E-state index contributed by atoms with van der Waals surface area (Å²) >= 11 is 3.39. The topological polar surface area (TPSA) is 50.1 Å². The van der Waals surface area contributed by atoms with Gasteiger partial charge in [-0.3, -0.25) is 4.68 Å². The predicted molar refractivity (Wildman–Crippen MR) is 70.7 cm³/mol. The van der Waals surface area contributed by atoms with Crippen LogP contribution in [0.1, 0.15) is 26.2 Å². The SMILES string of the molecule is CC(Cn1cc(Br)cn1)NC(CCO)C1CC1. The fourth-order valence-electron chi connectivity index (χ4n) is 2.23. The number of aliphatic hydroxyl groups is 1. The molecule has 1 aromatic heterocycles. The first kappa shape index (κ1) is 13.1. The van der Waals surface area contributed by atoms with Crippen LogP contribution in [0.2, 0.25) is 0 Å². The lowest BCUT2D eigenvalue weighted by atomic mass is 10.1. The van der Waals surface area contributed by atoms with E-state index in [4.69, 9.17) is 5.11 Å². The maximum Gasteiger partial charge on any atom is 0.0632 e. The van der Waals surface area contributed by atoms with E-state index in [1.54, 1.807) is 6.20 Å². The molecular weight excluding hydrogens is 282 g/mol. The minimum Gasteiger partial charge on any atom is -0.396 e. The normalized spacial score (nSPS) is 19.2.